The smallest absolute Gasteiger partial charge is 0.410 e. The number of anilines is 1. The minimum Gasteiger partial charge on any atom is -0.444 e. The molecule has 0 saturated carbocycles. The SMILES string of the molecule is CC(C)(C)OC(=O)N1CCN(c2nc3ccc(Cl)cc3cc2Br)CC1. The van der Waals surface area contributed by atoms with Crippen molar-refractivity contribution >= 4 is 50.3 Å². The lowest BCUT2D eigenvalue weighted by Gasteiger charge is -2.36. The second kappa shape index (κ2) is 7.00. The van der Waals surface area contributed by atoms with E-state index in [1.54, 1.807) is 4.90 Å². The molecule has 1 fully saturated rings. The summed E-state index contributed by atoms with van der Waals surface area (Å²) in [6.45, 7) is 8.29. The van der Waals surface area contributed by atoms with Gasteiger partial charge in [0.1, 0.15) is 11.4 Å². The number of fused-ring (bicyclic) bond motifs is 1. The van der Waals surface area contributed by atoms with Crippen LogP contribution in [-0.4, -0.2) is 47.8 Å². The van der Waals surface area contributed by atoms with Gasteiger partial charge in [-0.2, -0.15) is 0 Å². The molecule has 134 valence electrons. The van der Waals surface area contributed by atoms with E-state index in [1.165, 1.54) is 0 Å². The Bertz CT molecular complexity index is 799. The van der Waals surface area contributed by atoms with Gasteiger partial charge in [0.05, 0.1) is 9.99 Å². The molecule has 1 aromatic heterocycles. The second-order valence-electron chi connectivity index (χ2n) is 7.09. The number of pyridine rings is 1. The van der Waals surface area contributed by atoms with Crippen LogP contribution < -0.4 is 4.90 Å². The van der Waals surface area contributed by atoms with Gasteiger partial charge in [-0.15, -0.1) is 0 Å². The average molecular weight is 427 g/mol. The third kappa shape index (κ3) is 4.36. The Morgan fingerprint density at radius 2 is 1.88 bits per heavy atom. The monoisotopic (exact) mass is 425 g/mol. The number of hydrogen-bond donors (Lipinski definition) is 0. The summed E-state index contributed by atoms with van der Waals surface area (Å²) < 4.78 is 6.37. The Kier molecular flexibility index (Phi) is 5.11. The van der Waals surface area contributed by atoms with Gasteiger partial charge in [0.15, 0.2) is 0 Å². The first-order valence-electron chi connectivity index (χ1n) is 8.22. The zero-order chi connectivity index (χ0) is 18.2. The van der Waals surface area contributed by atoms with Crippen molar-refractivity contribution in [3.63, 3.8) is 0 Å². The van der Waals surface area contributed by atoms with Crippen molar-refractivity contribution in [3.05, 3.63) is 33.8 Å². The zero-order valence-electron chi connectivity index (χ0n) is 14.6. The minimum atomic E-state index is -0.474. The number of nitrogens with zero attached hydrogens (tertiary/aromatic N) is 3. The Balaban J connectivity index is 1.73. The van der Waals surface area contributed by atoms with Crippen molar-refractivity contribution in [1.82, 2.24) is 9.88 Å². The number of benzene rings is 1. The third-order valence-corrected chi connectivity index (χ3v) is 4.76. The fourth-order valence-corrected chi connectivity index (χ4v) is 3.53. The maximum absolute atomic E-state index is 12.2. The Labute approximate surface area is 161 Å². The summed E-state index contributed by atoms with van der Waals surface area (Å²) in [6.07, 6.45) is -0.257. The lowest BCUT2D eigenvalue weighted by atomic mass is 10.2. The number of amides is 1. The third-order valence-electron chi connectivity index (χ3n) is 3.94. The Morgan fingerprint density at radius 3 is 2.52 bits per heavy atom. The number of halogens is 2. The molecular weight excluding hydrogens is 406 g/mol. The van der Waals surface area contributed by atoms with Crippen LogP contribution >= 0.6 is 27.5 Å². The topological polar surface area (TPSA) is 45.7 Å². The number of rotatable bonds is 1. The first-order valence-corrected chi connectivity index (χ1v) is 9.39. The number of carbonyl (C=O) groups is 1. The molecule has 3 rings (SSSR count). The van der Waals surface area contributed by atoms with E-state index in [2.05, 4.69) is 20.8 Å². The van der Waals surface area contributed by atoms with Crippen molar-refractivity contribution in [2.24, 2.45) is 0 Å². The van der Waals surface area contributed by atoms with Gasteiger partial charge in [-0.05, 0) is 61.0 Å². The first-order chi connectivity index (χ1) is 11.7. The van der Waals surface area contributed by atoms with E-state index in [0.29, 0.717) is 31.2 Å². The van der Waals surface area contributed by atoms with Crippen LogP contribution in [0.4, 0.5) is 10.6 Å². The number of hydrogen-bond acceptors (Lipinski definition) is 4. The molecular formula is C18H21BrClN3O2. The molecule has 2 aromatic rings. The quantitative estimate of drug-likeness (QED) is 0.662. The first kappa shape index (κ1) is 18.3. The number of piperazine rings is 1. The summed E-state index contributed by atoms with van der Waals surface area (Å²) in [6, 6.07) is 7.70. The van der Waals surface area contributed by atoms with Gasteiger partial charge in [-0.1, -0.05) is 11.6 Å². The van der Waals surface area contributed by atoms with E-state index in [-0.39, 0.29) is 6.09 Å². The maximum Gasteiger partial charge on any atom is 0.410 e. The summed E-state index contributed by atoms with van der Waals surface area (Å²) in [7, 11) is 0. The van der Waals surface area contributed by atoms with Gasteiger partial charge in [-0.3, -0.25) is 0 Å². The molecule has 1 amide bonds. The molecule has 0 atom stereocenters. The van der Waals surface area contributed by atoms with Crippen LogP contribution in [0, 0.1) is 0 Å². The largest absolute Gasteiger partial charge is 0.444 e. The van der Waals surface area contributed by atoms with E-state index in [9.17, 15) is 4.79 Å². The highest BCUT2D eigenvalue weighted by molar-refractivity contribution is 9.10. The molecule has 1 aromatic carbocycles. The summed E-state index contributed by atoms with van der Waals surface area (Å²) in [4.78, 5) is 20.9. The molecule has 0 N–H and O–H groups in total. The van der Waals surface area contributed by atoms with Gasteiger partial charge in [0.25, 0.3) is 0 Å². The molecule has 0 radical (unpaired) electrons. The minimum absolute atomic E-state index is 0.257. The van der Waals surface area contributed by atoms with Gasteiger partial charge >= 0.3 is 6.09 Å². The molecule has 7 heteroatoms. The summed E-state index contributed by atoms with van der Waals surface area (Å²) in [5.74, 6) is 0.888. The van der Waals surface area contributed by atoms with E-state index in [1.807, 2.05) is 45.0 Å². The fraction of sp³-hybridized carbons (Fsp3) is 0.444. The van der Waals surface area contributed by atoms with E-state index in [0.717, 1.165) is 21.2 Å². The molecule has 1 aliphatic rings. The highest BCUT2D eigenvalue weighted by Crippen LogP contribution is 2.30. The Hall–Kier alpha value is -1.53. The molecule has 5 nitrogen and oxygen atoms in total. The second-order valence-corrected chi connectivity index (χ2v) is 8.38. The normalized spacial score (nSPS) is 15.6. The van der Waals surface area contributed by atoms with Crippen molar-refractivity contribution in [1.29, 1.82) is 0 Å². The van der Waals surface area contributed by atoms with Crippen LogP contribution in [0.15, 0.2) is 28.7 Å². The van der Waals surface area contributed by atoms with Crippen molar-refractivity contribution in [3.8, 4) is 0 Å². The van der Waals surface area contributed by atoms with Crippen LogP contribution in [-0.2, 0) is 4.74 Å². The summed E-state index contributed by atoms with van der Waals surface area (Å²) in [5.41, 5.74) is 0.426. The fourth-order valence-electron chi connectivity index (χ4n) is 2.76. The van der Waals surface area contributed by atoms with Crippen LogP contribution in [0.25, 0.3) is 10.9 Å². The number of ether oxygens (including phenoxy) is 1. The van der Waals surface area contributed by atoms with E-state index < -0.39 is 5.60 Å². The maximum atomic E-state index is 12.2. The van der Waals surface area contributed by atoms with Gasteiger partial charge in [0.2, 0.25) is 0 Å². The van der Waals surface area contributed by atoms with E-state index >= 15 is 0 Å². The van der Waals surface area contributed by atoms with Crippen LogP contribution in [0.2, 0.25) is 5.02 Å². The van der Waals surface area contributed by atoms with Crippen LogP contribution in [0.5, 0.6) is 0 Å². The van der Waals surface area contributed by atoms with Gasteiger partial charge in [0, 0.05) is 36.6 Å². The molecule has 2 heterocycles. The highest BCUT2D eigenvalue weighted by Gasteiger charge is 2.27. The Morgan fingerprint density at radius 1 is 1.20 bits per heavy atom. The predicted octanol–water partition coefficient (Wildman–Crippen LogP) is 4.71. The van der Waals surface area contributed by atoms with Crippen molar-refractivity contribution in [2.45, 2.75) is 26.4 Å². The van der Waals surface area contributed by atoms with E-state index in [4.69, 9.17) is 21.3 Å². The summed E-state index contributed by atoms with van der Waals surface area (Å²) in [5, 5.41) is 1.69. The average Bonchev–Trinajstić information content (AvgIpc) is 2.52. The van der Waals surface area contributed by atoms with Gasteiger partial charge < -0.3 is 14.5 Å². The molecule has 1 saturated heterocycles. The molecule has 0 unspecified atom stereocenters. The van der Waals surface area contributed by atoms with Crippen molar-refractivity contribution in [2.75, 3.05) is 31.1 Å². The predicted molar refractivity (Wildman–Crippen MR) is 104 cm³/mol. The standard InChI is InChI=1S/C18H21BrClN3O2/c1-18(2,3)25-17(24)23-8-6-22(7-9-23)16-14(19)11-12-10-13(20)4-5-15(12)21-16/h4-5,10-11H,6-9H2,1-3H3. The number of carbonyl (C=O) groups excluding carboxylic acids is 1. The highest BCUT2D eigenvalue weighted by atomic mass is 79.9. The molecule has 1 aliphatic heterocycles. The van der Waals surface area contributed by atoms with Crippen molar-refractivity contribution < 1.29 is 9.53 Å². The van der Waals surface area contributed by atoms with Crippen LogP contribution in [0.3, 0.4) is 0 Å². The molecule has 25 heavy (non-hydrogen) atoms. The molecule has 0 aliphatic carbocycles. The molecule has 0 spiro atoms. The molecule has 0 bridgehead atoms. The van der Waals surface area contributed by atoms with Gasteiger partial charge in [-0.25, -0.2) is 9.78 Å². The lowest BCUT2D eigenvalue weighted by molar-refractivity contribution is 0.0240. The zero-order valence-corrected chi connectivity index (χ0v) is 16.9. The van der Waals surface area contributed by atoms with Crippen LogP contribution in [0.1, 0.15) is 20.8 Å². The number of aromatic nitrogens is 1. The lowest BCUT2D eigenvalue weighted by Crippen LogP contribution is -2.50. The summed E-state index contributed by atoms with van der Waals surface area (Å²) >= 11 is 9.66.